The molecule has 2 N–H and O–H groups in total. The van der Waals surface area contributed by atoms with Crippen LogP contribution in [-0.2, 0) is 32.5 Å². The van der Waals surface area contributed by atoms with Crippen molar-refractivity contribution in [1.82, 2.24) is 20.2 Å². The number of benzene rings is 1. The summed E-state index contributed by atoms with van der Waals surface area (Å²) in [5.41, 5.74) is 1.96. The van der Waals surface area contributed by atoms with Crippen LogP contribution >= 0.6 is 23.2 Å². The Balaban J connectivity index is 2.29. The summed E-state index contributed by atoms with van der Waals surface area (Å²) in [7, 11) is 1.91. The SMILES string of the molecule is CCOC(=O)[C@@H](CC(C)C)NC(=O)[C@@H](CCc1nc2cc(N(CCCl)CCCl)ccc2n1C)NC(=O)OC(C)(C)C. The molecule has 230 valence electrons. The molecule has 0 unspecified atom stereocenters. The van der Waals surface area contributed by atoms with Gasteiger partial charge in [-0.1, -0.05) is 13.8 Å². The molecule has 2 amide bonds. The van der Waals surface area contributed by atoms with E-state index in [0.717, 1.165) is 22.5 Å². The van der Waals surface area contributed by atoms with Crippen LogP contribution in [0.25, 0.3) is 11.0 Å². The largest absolute Gasteiger partial charge is 0.464 e. The monoisotopic (exact) mass is 613 g/mol. The molecule has 0 bridgehead atoms. The van der Waals surface area contributed by atoms with Gasteiger partial charge < -0.3 is 29.6 Å². The maximum Gasteiger partial charge on any atom is 0.408 e. The van der Waals surface area contributed by atoms with Gasteiger partial charge in [-0.25, -0.2) is 14.6 Å². The molecule has 10 nitrogen and oxygen atoms in total. The van der Waals surface area contributed by atoms with Crippen molar-refractivity contribution >= 4 is 57.9 Å². The predicted octanol–water partition coefficient (Wildman–Crippen LogP) is 4.78. The summed E-state index contributed by atoms with van der Waals surface area (Å²) in [6.45, 7) is 12.4. The zero-order valence-corrected chi connectivity index (χ0v) is 26.8. The molecule has 0 saturated carbocycles. The van der Waals surface area contributed by atoms with Crippen LogP contribution in [0.3, 0.4) is 0 Å². The maximum absolute atomic E-state index is 13.4. The number of halogens is 2. The number of nitrogens with one attached hydrogen (secondary N) is 2. The second-order valence-corrected chi connectivity index (χ2v) is 12.1. The number of fused-ring (bicyclic) bond motifs is 1. The van der Waals surface area contributed by atoms with Gasteiger partial charge in [0.2, 0.25) is 5.91 Å². The zero-order chi connectivity index (χ0) is 30.7. The number of hydrogen-bond acceptors (Lipinski definition) is 7. The molecule has 2 atom stereocenters. The lowest BCUT2D eigenvalue weighted by Crippen LogP contribution is -2.53. The fourth-order valence-corrected chi connectivity index (χ4v) is 4.83. The molecule has 1 aromatic carbocycles. The Morgan fingerprint density at radius 3 is 2.29 bits per heavy atom. The molecule has 12 heteroatoms. The first-order valence-corrected chi connectivity index (χ1v) is 15.1. The van der Waals surface area contributed by atoms with Crippen molar-refractivity contribution in [3.63, 3.8) is 0 Å². The lowest BCUT2D eigenvalue weighted by molar-refractivity contribution is -0.148. The Labute approximate surface area is 253 Å². The van der Waals surface area contributed by atoms with Gasteiger partial charge >= 0.3 is 12.1 Å². The predicted molar refractivity (Wildman–Crippen MR) is 164 cm³/mol. The second kappa shape index (κ2) is 16.1. The summed E-state index contributed by atoms with van der Waals surface area (Å²) in [6, 6.07) is 4.21. The highest BCUT2D eigenvalue weighted by atomic mass is 35.5. The average molecular weight is 615 g/mol. The van der Waals surface area contributed by atoms with Gasteiger partial charge in [-0.15, -0.1) is 23.2 Å². The minimum absolute atomic E-state index is 0.136. The van der Waals surface area contributed by atoms with Crippen molar-refractivity contribution in [3.05, 3.63) is 24.0 Å². The summed E-state index contributed by atoms with van der Waals surface area (Å²) in [5.74, 6) is 0.834. The Bertz CT molecular complexity index is 1160. The Morgan fingerprint density at radius 2 is 1.73 bits per heavy atom. The Morgan fingerprint density at radius 1 is 1.07 bits per heavy atom. The van der Waals surface area contributed by atoms with Crippen LogP contribution in [-0.4, -0.2) is 76.7 Å². The number of imidazole rings is 1. The lowest BCUT2D eigenvalue weighted by atomic mass is 10.0. The molecule has 0 radical (unpaired) electrons. The summed E-state index contributed by atoms with van der Waals surface area (Å²) in [5, 5.41) is 5.47. The maximum atomic E-state index is 13.4. The molecule has 1 heterocycles. The van der Waals surface area contributed by atoms with Crippen molar-refractivity contribution in [2.45, 2.75) is 78.5 Å². The second-order valence-electron chi connectivity index (χ2n) is 11.3. The van der Waals surface area contributed by atoms with Crippen LogP contribution in [0.4, 0.5) is 10.5 Å². The standard InChI is InChI=1S/C29H45Cl2N5O5/c1-8-40-27(38)23(17-19(2)3)33-26(37)21(34-28(39)41-29(4,5)6)10-12-25-32-22-18-20(9-11-24(22)35(25)7)36(15-13-30)16-14-31/h9,11,18-19,21,23H,8,10,12-17H2,1-7H3,(H,33,37)(H,34,39)/t21-,23-/m1/s1. The number of alkyl carbamates (subject to hydrolysis) is 1. The van der Waals surface area contributed by atoms with Crippen molar-refractivity contribution < 1.29 is 23.9 Å². The number of carbonyl (C=O) groups excluding carboxylic acids is 3. The van der Waals surface area contributed by atoms with Crippen LogP contribution in [0.5, 0.6) is 0 Å². The number of anilines is 1. The van der Waals surface area contributed by atoms with Crippen LogP contribution in [0.1, 0.15) is 60.2 Å². The van der Waals surface area contributed by atoms with E-state index in [0.29, 0.717) is 37.7 Å². The quantitative estimate of drug-likeness (QED) is 0.219. The minimum Gasteiger partial charge on any atom is -0.464 e. The van der Waals surface area contributed by atoms with Gasteiger partial charge in [-0.2, -0.15) is 0 Å². The van der Waals surface area contributed by atoms with Gasteiger partial charge in [-0.05, 0) is 64.7 Å². The van der Waals surface area contributed by atoms with E-state index in [1.54, 1.807) is 27.7 Å². The Kier molecular flexibility index (Phi) is 13.5. The third kappa shape index (κ3) is 10.9. The van der Waals surface area contributed by atoms with Gasteiger partial charge in [-0.3, -0.25) is 4.79 Å². The minimum atomic E-state index is -0.966. The fraction of sp³-hybridized carbons (Fsp3) is 0.655. The van der Waals surface area contributed by atoms with Crippen LogP contribution in [0.2, 0.25) is 0 Å². The third-order valence-corrected chi connectivity index (χ3v) is 6.63. The summed E-state index contributed by atoms with van der Waals surface area (Å²) in [6.07, 6.45) is 0.302. The molecule has 0 spiro atoms. The number of ether oxygens (including phenoxy) is 2. The first-order valence-electron chi connectivity index (χ1n) is 14.1. The zero-order valence-electron chi connectivity index (χ0n) is 25.3. The topological polar surface area (TPSA) is 115 Å². The number of nitrogens with zero attached hydrogens (tertiary/aromatic N) is 3. The highest BCUT2D eigenvalue weighted by molar-refractivity contribution is 6.18. The number of rotatable bonds is 15. The summed E-state index contributed by atoms with van der Waals surface area (Å²) in [4.78, 5) is 45.5. The van der Waals surface area contributed by atoms with Gasteiger partial charge in [0.25, 0.3) is 0 Å². The molecular weight excluding hydrogens is 569 g/mol. The number of carbonyl (C=O) groups is 3. The van der Waals surface area contributed by atoms with Crippen LogP contribution < -0.4 is 15.5 Å². The molecule has 0 saturated heterocycles. The van der Waals surface area contributed by atoms with E-state index in [4.69, 9.17) is 37.7 Å². The van der Waals surface area contributed by atoms with E-state index in [1.165, 1.54) is 0 Å². The normalized spacial score (nSPS) is 13.1. The molecule has 0 aliphatic carbocycles. The average Bonchev–Trinajstić information content (AvgIpc) is 3.19. The molecule has 0 aliphatic heterocycles. The number of hydrogen-bond donors (Lipinski definition) is 2. The smallest absolute Gasteiger partial charge is 0.408 e. The highest BCUT2D eigenvalue weighted by Gasteiger charge is 2.30. The van der Waals surface area contributed by atoms with Crippen molar-refractivity contribution in [2.75, 3.05) is 36.4 Å². The first kappa shape index (κ1) is 34.5. The number of aryl methyl sites for hydroxylation is 2. The number of amides is 2. The van der Waals surface area contributed by atoms with E-state index in [2.05, 4.69) is 15.5 Å². The van der Waals surface area contributed by atoms with E-state index in [1.807, 2.05) is 43.7 Å². The Hall–Kier alpha value is -2.72. The van der Waals surface area contributed by atoms with Gasteiger partial charge in [0, 0.05) is 44.0 Å². The van der Waals surface area contributed by atoms with Crippen LogP contribution in [0, 0.1) is 5.92 Å². The number of aromatic nitrogens is 2. The fourth-order valence-electron chi connectivity index (χ4n) is 4.43. The number of alkyl halides is 2. The molecule has 1 aromatic heterocycles. The van der Waals surface area contributed by atoms with E-state index >= 15 is 0 Å². The molecule has 2 rings (SSSR count). The summed E-state index contributed by atoms with van der Waals surface area (Å²) < 4.78 is 12.5. The van der Waals surface area contributed by atoms with Gasteiger partial charge in [0.05, 0.1) is 17.6 Å². The molecule has 0 aliphatic rings. The van der Waals surface area contributed by atoms with E-state index in [9.17, 15) is 14.4 Å². The molecular formula is C29H45Cl2N5O5. The van der Waals surface area contributed by atoms with E-state index in [-0.39, 0.29) is 18.9 Å². The lowest BCUT2D eigenvalue weighted by Gasteiger charge is -2.25. The van der Waals surface area contributed by atoms with Gasteiger partial charge in [0.15, 0.2) is 0 Å². The third-order valence-electron chi connectivity index (χ3n) is 6.29. The number of esters is 1. The van der Waals surface area contributed by atoms with Crippen molar-refractivity contribution in [2.24, 2.45) is 13.0 Å². The molecule has 41 heavy (non-hydrogen) atoms. The molecule has 0 fully saturated rings. The van der Waals surface area contributed by atoms with Crippen LogP contribution in [0.15, 0.2) is 18.2 Å². The van der Waals surface area contributed by atoms with Crippen molar-refractivity contribution in [3.8, 4) is 0 Å². The highest BCUT2D eigenvalue weighted by Crippen LogP contribution is 2.23. The van der Waals surface area contributed by atoms with Gasteiger partial charge in [0.1, 0.15) is 23.5 Å². The molecule has 2 aromatic rings. The summed E-state index contributed by atoms with van der Waals surface area (Å²) >= 11 is 12.0. The first-order chi connectivity index (χ1) is 19.3. The van der Waals surface area contributed by atoms with E-state index < -0.39 is 35.7 Å². The van der Waals surface area contributed by atoms with Crippen molar-refractivity contribution in [1.29, 1.82) is 0 Å².